The van der Waals surface area contributed by atoms with Crippen LogP contribution in [0.5, 0.6) is 5.75 Å². The van der Waals surface area contributed by atoms with Gasteiger partial charge >= 0.3 is 6.03 Å². The van der Waals surface area contributed by atoms with Gasteiger partial charge in [-0.25, -0.2) is 4.79 Å². The van der Waals surface area contributed by atoms with Crippen molar-refractivity contribution in [3.63, 3.8) is 0 Å². The molecule has 1 aliphatic heterocycles. The molecule has 2 heterocycles. The van der Waals surface area contributed by atoms with Gasteiger partial charge in [-0.2, -0.15) is 0 Å². The van der Waals surface area contributed by atoms with E-state index in [-0.39, 0.29) is 12.1 Å². The summed E-state index contributed by atoms with van der Waals surface area (Å²) < 4.78 is 7.83. The molecular weight excluding hydrogens is 430 g/mol. The summed E-state index contributed by atoms with van der Waals surface area (Å²) in [5.41, 5.74) is 1.65. The number of likely N-dealkylation sites (N-methyl/N-ethyl adjacent to an activating group) is 1. The van der Waals surface area contributed by atoms with Gasteiger partial charge in [0.05, 0.1) is 11.6 Å². The van der Waals surface area contributed by atoms with Gasteiger partial charge in [-0.3, -0.25) is 19.8 Å². The van der Waals surface area contributed by atoms with Crippen LogP contribution in [0.25, 0.3) is 17.0 Å². The number of ether oxygens (including phenoxy) is 1. The molecule has 1 aromatic heterocycles. The fourth-order valence-corrected chi connectivity index (χ4v) is 3.88. The van der Waals surface area contributed by atoms with Crippen molar-refractivity contribution >= 4 is 46.4 Å². The monoisotopic (exact) mass is 451 g/mol. The molecule has 4 amide bonds. The minimum atomic E-state index is -0.694. The van der Waals surface area contributed by atoms with E-state index in [1.54, 1.807) is 19.1 Å². The first-order chi connectivity index (χ1) is 15.5. The zero-order valence-electron chi connectivity index (χ0n) is 17.5. The number of para-hydroxylation sites is 2. The summed E-state index contributed by atoms with van der Waals surface area (Å²) in [6.07, 6.45) is 4.18. The summed E-state index contributed by atoms with van der Waals surface area (Å²) in [6.45, 7) is 3.03. The van der Waals surface area contributed by atoms with E-state index in [0.29, 0.717) is 23.9 Å². The van der Waals surface area contributed by atoms with Crippen LogP contribution in [0.1, 0.15) is 18.9 Å². The molecule has 0 atom stereocenters. The molecular formula is C24H22ClN3O4. The smallest absolute Gasteiger partial charge is 0.331 e. The predicted molar refractivity (Wildman–Crippen MR) is 122 cm³/mol. The topological polar surface area (TPSA) is 80.6 Å². The average molecular weight is 452 g/mol. The number of aryl methyl sites for hydroxylation is 1. The first kappa shape index (κ1) is 21.6. The Balaban J connectivity index is 1.56. The number of fused-ring (bicyclic) bond motifs is 1. The van der Waals surface area contributed by atoms with Crippen LogP contribution in [0.2, 0.25) is 5.02 Å². The Hall–Kier alpha value is -3.58. The molecule has 2 aromatic carbocycles. The van der Waals surface area contributed by atoms with E-state index in [1.807, 2.05) is 48.7 Å². The maximum Gasteiger partial charge on any atom is 0.331 e. The van der Waals surface area contributed by atoms with Crippen molar-refractivity contribution in [3.8, 4) is 5.75 Å². The third-order valence-corrected chi connectivity index (χ3v) is 5.57. The number of barbiturate groups is 1. The number of urea groups is 1. The van der Waals surface area contributed by atoms with Crippen LogP contribution in [-0.2, 0) is 16.1 Å². The fourth-order valence-electron chi connectivity index (χ4n) is 3.69. The molecule has 164 valence electrons. The second-order valence-corrected chi connectivity index (χ2v) is 7.70. The maximum absolute atomic E-state index is 12.6. The van der Waals surface area contributed by atoms with Gasteiger partial charge in [0, 0.05) is 35.8 Å². The van der Waals surface area contributed by atoms with Crippen LogP contribution >= 0.6 is 11.6 Å². The Morgan fingerprint density at radius 3 is 2.59 bits per heavy atom. The predicted octanol–water partition coefficient (Wildman–Crippen LogP) is 4.25. The molecule has 0 saturated carbocycles. The van der Waals surface area contributed by atoms with Crippen LogP contribution in [0.4, 0.5) is 4.79 Å². The maximum atomic E-state index is 12.6. The van der Waals surface area contributed by atoms with Gasteiger partial charge in [0.15, 0.2) is 0 Å². The highest BCUT2D eigenvalue weighted by Crippen LogP contribution is 2.26. The van der Waals surface area contributed by atoms with Gasteiger partial charge in [0.25, 0.3) is 11.8 Å². The molecule has 1 aliphatic rings. The minimum absolute atomic E-state index is 0.0589. The van der Waals surface area contributed by atoms with Crippen molar-refractivity contribution in [1.29, 1.82) is 0 Å². The minimum Gasteiger partial charge on any atom is -0.492 e. The molecule has 1 N–H and O–H groups in total. The lowest BCUT2D eigenvalue weighted by molar-refractivity contribution is -0.129. The van der Waals surface area contributed by atoms with Crippen LogP contribution in [-0.4, -0.2) is 40.5 Å². The third kappa shape index (κ3) is 4.24. The zero-order valence-corrected chi connectivity index (χ0v) is 18.3. The Morgan fingerprint density at radius 1 is 1.06 bits per heavy atom. The molecule has 7 nitrogen and oxygen atoms in total. The lowest BCUT2D eigenvalue weighted by Gasteiger charge is -2.24. The Kier molecular flexibility index (Phi) is 6.28. The molecule has 0 unspecified atom stereocenters. The molecule has 0 aliphatic carbocycles. The molecule has 0 radical (unpaired) electrons. The number of carbonyl (C=O) groups is 3. The van der Waals surface area contributed by atoms with Crippen molar-refractivity contribution < 1.29 is 19.1 Å². The van der Waals surface area contributed by atoms with Gasteiger partial charge < -0.3 is 9.30 Å². The first-order valence-electron chi connectivity index (χ1n) is 10.3. The van der Waals surface area contributed by atoms with Crippen molar-refractivity contribution in [3.05, 3.63) is 70.9 Å². The lowest BCUT2D eigenvalue weighted by Crippen LogP contribution is -2.53. The fraction of sp³-hybridized carbons (Fsp3) is 0.208. The second kappa shape index (κ2) is 9.28. The standard InChI is InChI=1S/C24H22ClN3O4/c1-2-28-23(30)18(22(29)26-24(28)31)14-16-15-27(20-10-5-3-8-17(16)20)12-7-13-32-21-11-6-4-9-19(21)25/h3-6,8-11,14-15H,2,7,12-13H2,1H3,(H,26,29,31)/b18-14+. The second-order valence-electron chi connectivity index (χ2n) is 7.29. The molecule has 1 fully saturated rings. The van der Waals surface area contributed by atoms with Gasteiger partial charge in [0.2, 0.25) is 0 Å². The molecule has 3 aromatic rings. The first-order valence-corrected chi connectivity index (χ1v) is 10.7. The van der Waals surface area contributed by atoms with Gasteiger partial charge in [0.1, 0.15) is 11.3 Å². The van der Waals surface area contributed by atoms with E-state index < -0.39 is 17.8 Å². The number of imide groups is 2. The van der Waals surface area contributed by atoms with E-state index >= 15 is 0 Å². The number of carbonyl (C=O) groups excluding carboxylic acids is 3. The number of nitrogens with zero attached hydrogens (tertiary/aromatic N) is 2. The highest BCUT2D eigenvalue weighted by molar-refractivity contribution is 6.32. The van der Waals surface area contributed by atoms with Crippen LogP contribution in [0.15, 0.2) is 60.3 Å². The Labute approximate surface area is 190 Å². The number of rotatable bonds is 7. The zero-order chi connectivity index (χ0) is 22.7. The van der Waals surface area contributed by atoms with Crippen molar-refractivity contribution in [2.24, 2.45) is 0 Å². The largest absolute Gasteiger partial charge is 0.492 e. The quantitative estimate of drug-likeness (QED) is 0.331. The van der Waals surface area contributed by atoms with E-state index in [9.17, 15) is 14.4 Å². The molecule has 0 bridgehead atoms. The SMILES string of the molecule is CCN1C(=O)NC(=O)/C(=C\c2cn(CCCOc3ccccc3Cl)c3ccccc23)C1=O. The van der Waals surface area contributed by atoms with E-state index in [1.165, 1.54) is 0 Å². The highest BCUT2D eigenvalue weighted by atomic mass is 35.5. The van der Waals surface area contributed by atoms with Gasteiger partial charge in [-0.1, -0.05) is 41.9 Å². The van der Waals surface area contributed by atoms with Crippen molar-refractivity contribution in [2.75, 3.05) is 13.2 Å². The van der Waals surface area contributed by atoms with E-state index in [2.05, 4.69) is 9.88 Å². The Morgan fingerprint density at radius 2 is 1.81 bits per heavy atom. The van der Waals surface area contributed by atoms with Crippen LogP contribution in [0.3, 0.4) is 0 Å². The average Bonchev–Trinajstić information content (AvgIpc) is 3.13. The molecule has 0 spiro atoms. The van der Waals surface area contributed by atoms with Crippen molar-refractivity contribution in [2.45, 2.75) is 19.9 Å². The lowest BCUT2D eigenvalue weighted by atomic mass is 10.1. The summed E-state index contributed by atoms with van der Waals surface area (Å²) in [7, 11) is 0. The molecule has 8 heteroatoms. The normalized spacial score (nSPS) is 15.5. The molecule has 32 heavy (non-hydrogen) atoms. The summed E-state index contributed by atoms with van der Waals surface area (Å²) in [6, 6.07) is 14.4. The number of aromatic nitrogens is 1. The number of hydrogen-bond donors (Lipinski definition) is 1. The highest BCUT2D eigenvalue weighted by Gasteiger charge is 2.34. The summed E-state index contributed by atoms with van der Waals surface area (Å²) >= 11 is 6.13. The summed E-state index contributed by atoms with van der Waals surface area (Å²) in [4.78, 5) is 37.8. The van der Waals surface area contributed by atoms with E-state index in [4.69, 9.17) is 16.3 Å². The van der Waals surface area contributed by atoms with Gasteiger partial charge in [-0.15, -0.1) is 0 Å². The number of amides is 4. The number of halogens is 1. The number of benzene rings is 2. The summed E-state index contributed by atoms with van der Waals surface area (Å²) in [5.74, 6) is -0.630. The summed E-state index contributed by atoms with van der Waals surface area (Å²) in [5, 5.41) is 3.70. The van der Waals surface area contributed by atoms with Crippen LogP contribution in [0, 0.1) is 0 Å². The van der Waals surface area contributed by atoms with E-state index in [0.717, 1.165) is 27.8 Å². The Bertz CT molecular complexity index is 1230. The third-order valence-electron chi connectivity index (χ3n) is 5.26. The molecule has 1 saturated heterocycles. The van der Waals surface area contributed by atoms with Crippen molar-refractivity contribution in [1.82, 2.24) is 14.8 Å². The van der Waals surface area contributed by atoms with Gasteiger partial charge in [-0.05, 0) is 37.6 Å². The number of hydrogen-bond acceptors (Lipinski definition) is 4. The number of nitrogens with one attached hydrogen (secondary N) is 1. The van der Waals surface area contributed by atoms with Crippen LogP contribution < -0.4 is 10.1 Å². The molecule has 4 rings (SSSR count).